The smallest absolute Gasteiger partial charge is 0.00446 e. The van der Waals surface area contributed by atoms with Crippen molar-refractivity contribution in [1.82, 2.24) is 0 Å². The first kappa shape index (κ1) is 5.83. The third kappa shape index (κ3) is 1.10. The minimum Gasteiger partial charge on any atom is -0.328 e. The fraction of sp³-hybridized carbons (Fsp3) is 0.714. The molecule has 0 radical (unpaired) electrons. The van der Waals surface area contributed by atoms with Gasteiger partial charge in [-0.25, -0.2) is 0 Å². The monoisotopic (exact) mass is 111 g/mol. The predicted octanol–water partition coefficient (Wildman–Crippen LogP) is 1.30. The fourth-order valence-electron chi connectivity index (χ4n) is 1.07. The van der Waals surface area contributed by atoms with Crippen molar-refractivity contribution in [1.29, 1.82) is 0 Å². The molecule has 0 bridgehead atoms. The van der Waals surface area contributed by atoms with E-state index in [1.807, 2.05) is 0 Å². The lowest BCUT2D eigenvalue weighted by molar-refractivity contribution is 0.473. The second kappa shape index (κ2) is 2.31. The Hall–Kier alpha value is -0.300. The van der Waals surface area contributed by atoms with E-state index in [-0.39, 0.29) is 0 Å². The van der Waals surface area contributed by atoms with Gasteiger partial charge in [0, 0.05) is 6.04 Å². The summed E-state index contributed by atoms with van der Waals surface area (Å²) in [6.07, 6.45) is 6.82. The van der Waals surface area contributed by atoms with Crippen molar-refractivity contribution in [3.63, 3.8) is 0 Å². The van der Waals surface area contributed by atoms with Crippen LogP contribution in [-0.2, 0) is 0 Å². The van der Waals surface area contributed by atoms with E-state index >= 15 is 0 Å². The molecule has 0 heterocycles. The molecule has 0 aromatic heterocycles. The lowest BCUT2D eigenvalue weighted by atomic mass is 10.0. The molecular weight excluding hydrogens is 98.1 g/mol. The summed E-state index contributed by atoms with van der Waals surface area (Å²) in [4.78, 5) is 0. The van der Waals surface area contributed by atoms with Gasteiger partial charge < -0.3 is 5.73 Å². The standard InChI is InChI=1S/C7H13N/c1-6(8)7-4-2-3-5-7/h2-3,6-7H,4-5,8H2,1H3. The van der Waals surface area contributed by atoms with Crippen LogP contribution < -0.4 is 5.73 Å². The second-order valence-electron chi connectivity index (χ2n) is 2.56. The van der Waals surface area contributed by atoms with Gasteiger partial charge in [-0.1, -0.05) is 12.2 Å². The third-order valence-electron chi connectivity index (χ3n) is 1.79. The highest BCUT2D eigenvalue weighted by Crippen LogP contribution is 2.19. The Balaban J connectivity index is 2.29. The molecule has 1 heteroatoms. The first-order valence-electron chi connectivity index (χ1n) is 3.21. The molecule has 1 aliphatic rings. The molecule has 0 fully saturated rings. The number of hydrogen-bond donors (Lipinski definition) is 1. The van der Waals surface area contributed by atoms with E-state index in [2.05, 4.69) is 19.1 Å². The minimum atomic E-state index is 0.380. The quantitative estimate of drug-likeness (QED) is 0.507. The lowest BCUT2D eigenvalue weighted by Crippen LogP contribution is -2.24. The van der Waals surface area contributed by atoms with E-state index in [9.17, 15) is 0 Å². The van der Waals surface area contributed by atoms with E-state index < -0.39 is 0 Å². The third-order valence-corrected chi connectivity index (χ3v) is 1.79. The molecule has 0 saturated heterocycles. The maximum Gasteiger partial charge on any atom is 0.00446 e. The van der Waals surface area contributed by atoms with Crippen LogP contribution in [0.15, 0.2) is 12.2 Å². The van der Waals surface area contributed by atoms with Gasteiger partial charge in [-0.2, -0.15) is 0 Å². The molecule has 1 atom stereocenters. The van der Waals surface area contributed by atoms with Gasteiger partial charge in [0.15, 0.2) is 0 Å². The zero-order valence-electron chi connectivity index (χ0n) is 5.30. The summed E-state index contributed by atoms with van der Waals surface area (Å²) in [6, 6.07) is 0.380. The summed E-state index contributed by atoms with van der Waals surface area (Å²) in [5, 5.41) is 0. The van der Waals surface area contributed by atoms with Crippen LogP contribution in [-0.4, -0.2) is 6.04 Å². The van der Waals surface area contributed by atoms with E-state index in [1.54, 1.807) is 0 Å². The lowest BCUT2D eigenvalue weighted by Gasteiger charge is -2.11. The summed E-state index contributed by atoms with van der Waals surface area (Å²) in [5.41, 5.74) is 5.66. The normalized spacial score (nSPS) is 24.2. The zero-order chi connectivity index (χ0) is 5.98. The van der Waals surface area contributed by atoms with E-state index in [0.717, 1.165) is 5.92 Å². The highest BCUT2D eigenvalue weighted by Gasteiger charge is 2.13. The van der Waals surface area contributed by atoms with Gasteiger partial charge in [-0.15, -0.1) is 0 Å². The molecule has 0 saturated carbocycles. The number of allylic oxidation sites excluding steroid dienone is 2. The Labute approximate surface area is 50.6 Å². The molecule has 1 rings (SSSR count). The summed E-state index contributed by atoms with van der Waals surface area (Å²) >= 11 is 0. The van der Waals surface area contributed by atoms with Gasteiger partial charge in [0.2, 0.25) is 0 Å². The van der Waals surface area contributed by atoms with Crippen molar-refractivity contribution >= 4 is 0 Å². The van der Waals surface area contributed by atoms with Crippen molar-refractivity contribution in [2.45, 2.75) is 25.8 Å². The van der Waals surface area contributed by atoms with Gasteiger partial charge in [-0.3, -0.25) is 0 Å². The number of nitrogens with two attached hydrogens (primary N) is 1. The molecular formula is C7H13N. The Kier molecular flexibility index (Phi) is 1.69. The van der Waals surface area contributed by atoms with Crippen molar-refractivity contribution in [3.8, 4) is 0 Å². The molecule has 1 aliphatic carbocycles. The Morgan fingerprint density at radius 3 is 2.25 bits per heavy atom. The molecule has 2 N–H and O–H groups in total. The van der Waals surface area contributed by atoms with Crippen LogP contribution in [0.4, 0.5) is 0 Å². The Morgan fingerprint density at radius 2 is 2.00 bits per heavy atom. The topological polar surface area (TPSA) is 26.0 Å². The van der Waals surface area contributed by atoms with Crippen LogP contribution in [0.25, 0.3) is 0 Å². The summed E-state index contributed by atoms with van der Waals surface area (Å²) in [5.74, 6) is 0.731. The van der Waals surface area contributed by atoms with Crippen LogP contribution >= 0.6 is 0 Å². The largest absolute Gasteiger partial charge is 0.328 e. The maximum absolute atomic E-state index is 5.66. The molecule has 1 unspecified atom stereocenters. The highest BCUT2D eigenvalue weighted by molar-refractivity contribution is 4.96. The van der Waals surface area contributed by atoms with Crippen molar-refractivity contribution in [3.05, 3.63) is 12.2 Å². The molecule has 46 valence electrons. The van der Waals surface area contributed by atoms with Crippen molar-refractivity contribution < 1.29 is 0 Å². The van der Waals surface area contributed by atoms with E-state index in [1.165, 1.54) is 12.8 Å². The molecule has 8 heavy (non-hydrogen) atoms. The van der Waals surface area contributed by atoms with Crippen LogP contribution in [0, 0.1) is 5.92 Å². The van der Waals surface area contributed by atoms with Gasteiger partial charge in [-0.05, 0) is 25.7 Å². The van der Waals surface area contributed by atoms with Crippen molar-refractivity contribution in [2.75, 3.05) is 0 Å². The first-order valence-corrected chi connectivity index (χ1v) is 3.21. The Morgan fingerprint density at radius 1 is 1.50 bits per heavy atom. The second-order valence-corrected chi connectivity index (χ2v) is 2.56. The molecule has 0 spiro atoms. The van der Waals surface area contributed by atoms with Gasteiger partial charge in [0.1, 0.15) is 0 Å². The van der Waals surface area contributed by atoms with E-state index in [4.69, 9.17) is 5.73 Å². The van der Waals surface area contributed by atoms with Crippen LogP contribution in [0.3, 0.4) is 0 Å². The predicted molar refractivity (Wildman–Crippen MR) is 35.5 cm³/mol. The Bertz CT molecular complexity index is 86.6. The number of rotatable bonds is 1. The maximum atomic E-state index is 5.66. The van der Waals surface area contributed by atoms with Crippen LogP contribution in [0.1, 0.15) is 19.8 Å². The molecule has 1 nitrogen and oxygen atoms in total. The van der Waals surface area contributed by atoms with Gasteiger partial charge >= 0.3 is 0 Å². The highest BCUT2D eigenvalue weighted by atomic mass is 14.6. The van der Waals surface area contributed by atoms with Crippen molar-refractivity contribution in [2.24, 2.45) is 11.7 Å². The summed E-state index contributed by atoms with van der Waals surface area (Å²) in [7, 11) is 0. The van der Waals surface area contributed by atoms with Gasteiger partial charge in [0.05, 0.1) is 0 Å². The molecule has 0 amide bonds. The average Bonchev–Trinajstić information content (AvgIpc) is 2.12. The summed E-state index contributed by atoms with van der Waals surface area (Å²) < 4.78 is 0. The first-order chi connectivity index (χ1) is 3.80. The average molecular weight is 111 g/mol. The fourth-order valence-corrected chi connectivity index (χ4v) is 1.07. The molecule has 0 aromatic carbocycles. The molecule has 0 aromatic rings. The summed E-state index contributed by atoms with van der Waals surface area (Å²) in [6.45, 7) is 2.08. The number of hydrogen-bond acceptors (Lipinski definition) is 1. The zero-order valence-corrected chi connectivity index (χ0v) is 5.30. The van der Waals surface area contributed by atoms with E-state index in [0.29, 0.717) is 6.04 Å². The molecule has 0 aliphatic heterocycles. The van der Waals surface area contributed by atoms with Gasteiger partial charge in [0.25, 0.3) is 0 Å². The minimum absolute atomic E-state index is 0.380. The van der Waals surface area contributed by atoms with Crippen LogP contribution in [0.2, 0.25) is 0 Å². The SMILES string of the molecule is CC(N)C1CC=CC1. The van der Waals surface area contributed by atoms with Crippen LogP contribution in [0.5, 0.6) is 0 Å².